The molecule has 0 spiro atoms. The molecule has 1 saturated heterocycles. The molecule has 8 heteroatoms. The van der Waals surface area contributed by atoms with Crippen molar-refractivity contribution >= 4 is 11.5 Å². The predicted octanol–water partition coefficient (Wildman–Crippen LogP) is 0.243. The van der Waals surface area contributed by atoms with Gasteiger partial charge in [0.1, 0.15) is 5.82 Å². The largest absolute Gasteiger partial charge is 0.384 e. The van der Waals surface area contributed by atoms with Crippen LogP contribution in [0.2, 0.25) is 0 Å². The van der Waals surface area contributed by atoms with Gasteiger partial charge in [-0.3, -0.25) is 4.68 Å². The molecule has 8 nitrogen and oxygen atoms in total. The van der Waals surface area contributed by atoms with E-state index in [0.717, 1.165) is 48.6 Å². The van der Waals surface area contributed by atoms with Crippen molar-refractivity contribution in [3.8, 4) is 11.1 Å². The van der Waals surface area contributed by atoms with Crippen LogP contribution in [0.25, 0.3) is 16.8 Å². The fourth-order valence-electron chi connectivity index (χ4n) is 2.89. The van der Waals surface area contributed by atoms with Crippen LogP contribution < -0.4 is 11.1 Å². The molecular weight excluding hydrogens is 294 g/mol. The number of ether oxygens (including phenoxy) is 1. The standard InChI is InChI=1S/C15H19N7O/c1-21-9-10(6-18-21)13-8-19-22-14(16)5-11(20-15(13)22)4-12-7-17-2-3-23-12/h5-6,8-9,12,17H,2-4,7,16H2,1H3. The lowest BCUT2D eigenvalue weighted by Gasteiger charge is -2.23. The van der Waals surface area contributed by atoms with Crippen molar-refractivity contribution < 1.29 is 4.74 Å². The monoisotopic (exact) mass is 313 g/mol. The molecule has 0 radical (unpaired) electrons. The van der Waals surface area contributed by atoms with Crippen molar-refractivity contribution in [2.45, 2.75) is 12.5 Å². The summed E-state index contributed by atoms with van der Waals surface area (Å²) in [5.41, 5.74) is 9.70. The van der Waals surface area contributed by atoms with Gasteiger partial charge in [0, 0.05) is 55.6 Å². The van der Waals surface area contributed by atoms with Crippen LogP contribution in [-0.4, -0.2) is 50.2 Å². The predicted molar refractivity (Wildman–Crippen MR) is 85.9 cm³/mol. The Hall–Kier alpha value is -2.45. The summed E-state index contributed by atoms with van der Waals surface area (Å²) in [4.78, 5) is 4.75. The summed E-state index contributed by atoms with van der Waals surface area (Å²) in [7, 11) is 1.88. The molecule has 0 aromatic carbocycles. The Balaban J connectivity index is 1.72. The molecule has 3 N–H and O–H groups in total. The third-order valence-electron chi connectivity index (χ3n) is 4.01. The van der Waals surface area contributed by atoms with Crippen LogP contribution in [0.15, 0.2) is 24.7 Å². The Morgan fingerprint density at radius 3 is 3.04 bits per heavy atom. The van der Waals surface area contributed by atoms with E-state index >= 15 is 0 Å². The highest BCUT2D eigenvalue weighted by atomic mass is 16.5. The van der Waals surface area contributed by atoms with Gasteiger partial charge < -0.3 is 15.8 Å². The molecule has 23 heavy (non-hydrogen) atoms. The number of aryl methyl sites for hydroxylation is 1. The van der Waals surface area contributed by atoms with Gasteiger partial charge in [-0.05, 0) is 0 Å². The zero-order chi connectivity index (χ0) is 15.8. The first-order valence-corrected chi connectivity index (χ1v) is 7.65. The van der Waals surface area contributed by atoms with E-state index in [4.69, 9.17) is 15.5 Å². The van der Waals surface area contributed by atoms with Crippen LogP contribution in [0.3, 0.4) is 0 Å². The first-order chi connectivity index (χ1) is 11.2. The fourth-order valence-corrected chi connectivity index (χ4v) is 2.89. The van der Waals surface area contributed by atoms with Gasteiger partial charge in [-0.2, -0.15) is 14.7 Å². The smallest absolute Gasteiger partial charge is 0.165 e. The summed E-state index contributed by atoms with van der Waals surface area (Å²) >= 11 is 0. The zero-order valence-corrected chi connectivity index (χ0v) is 12.9. The topological polar surface area (TPSA) is 95.3 Å². The molecule has 4 heterocycles. The number of nitrogens with two attached hydrogens (primary N) is 1. The minimum absolute atomic E-state index is 0.128. The van der Waals surface area contributed by atoms with Gasteiger partial charge in [-0.25, -0.2) is 4.98 Å². The van der Waals surface area contributed by atoms with Gasteiger partial charge in [0.25, 0.3) is 0 Å². The molecule has 1 aliphatic heterocycles. The SMILES string of the molecule is Cn1cc(-c2cnn3c(N)cc(CC4CNCCO4)nc23)cn1. The van der Waals surface area contributed by atoms with Crippen molar-refractivity contribution in [2.24, 2.45) is 7.05 Å². The second-order valence-corrected chi connectivity index (χ2v) is 5.77. The fraction of sp³-hybridized carbons (Fsp3) is 0.400. The number of anilines is 1. The third-order valence-corrected chi connectivity index (χ3v) is 4.01. The van der Waals surface area contributed by atoms with Gasteiger partial charge in [-0.1, -0.05) is 0 Å². The minimum Gasteiger partial charge on any atom is -0.384 e. The maximum atomic E-state index is 6.14. The normalized spacial score (nSPS) is 18.6. The molecule has 0 bridgehead atoms. The van der Waals surface area contributed by atoms with Gasteiger partial charge in [0.2, 0.25) is 0 Å². The number of hydrogen-bond acceptors (Lipinski definition) is 6. The van der Waals surface area contributed by atoms with E-state index in [-0.39, 0.29) is 6.10 Å². The van der Waals surface area contributed by atoms with E-state index in [2.05, 4.69) is 15.5 Å². The first kappa shape index (κ1) is 14.2. The molecule has 1 unspecified atom stereocenters. The second-order valence-electron chi connectivity index (χ2n) is 5.77. The van der Waals surface area contributed by atoms with E-state index in [1.807, 2.05) is 19.3 Å². The minimum atomic E-state index is 0.128. The number of aromatic nitrogens is 5. The number of nitrogen functional groups attached to an aromatic ring is 1. The van der Waals surface area contributed by atoms with Crippen LogP contribution in [0, 0.1) is 0 Å². The summed E-state index contributed by atoms with van der Waals surface area (Å²) in [5.74, 6) is 0.573. The molecule has 120 valence electrons. The second kappa shape index (κ2) is 5.64. The van der Waals surface area contributed by atoms with E-state index in [1.165, 1.54) is 0 Å². The molecule has 1 fully saturated rings. The summed E-state index contributed by atoms with van der Waals surface area (Å²) in [6, 6.07) is 1.87. The summed E-state index contributed by atoms with van der Waals surface area (Å²) < 4.78 is 9.17. The van der Waals surface area contributed by atoms with Crippen molar-refractivity contribution in [3.05, 3.63) is 30.4 Å². The summed E-state index contributed by atoms with van der Waals surface area (Å²) in [6.45, 7) is 2.47. The number of fused-ring (bicyclic) bond motifs is 1. The Morgan fingerprint density at radius 1 is 1.39 bits per heavy atom. The lowest BCUT2D eigenvalue weighted by Crippen LogP contribution is -2.39. The van der Waals surface area contributed by atoms with Crippen LogP contribution in [0.1, 0.15) is 5.69 Å². The van der Waals surface area contributed by atoms with Gasteiger partial charge in [-0.15, -0.1) is 0 Å². The maximum Gasteiger partial charge on any atom is 0.165 e. The molecule has 1 atom stereocenters. The van der Waals surface area contributed by atoms with Crippen molar-refractivity contribution in [3.63, 3.8) is 0 Å². The molecular formula is C15H19N7O. The molecule has 1 aliphatic rings. The third kappa shape index (κ3) is 2.66. The van der Waals surface area contributed by atoms with Gasteiger partial charge >= 0.3 is 0 Å². The van der Waals surface area contributed by atoms with Crippen LogP contribution in [0.5, 0.6) is 0 Å². The number of nitrogens with zero attached hydrogens (tertiary/aromatic N) is 5. The Labute approximate surface area is 133 Å². The summed E-state index contributed by atoms with van der Waals surface area (Å²) in [6.07, 6.45) is 6.37. The van der Waals surface area contributed by atoms with Crippen LogP contribution in [0.4, 0.5) is 5.82 Å². The van der Waals surface area contributed by atoms with E-state index in [9.17, 15) is 0 Å². The molecule has 3 aromatic heterocycles. The van der Waals surface area contributed by atoms with E-state index < -0.39 is 0 Å². The number of rotatable bonds is 3. The molecule has 0 amide bonds. The number of hydrogen-bond donors (Lipinski definition) is 2. The highest BCUT2D eigenvalue weighted by Crippen LogP contribution is 2.24. The van der Waals surface area contributed by atoms with Crippen LogP contribution in [-0.2, 0) is 18.2 Å². The van der Waals surface area contributed by atoms with Crippen LogP contribution >= 0.6 is 0 Å². The summed E-state index contributed by atoms with van der Waals surface area (Å²) in [5, 5.41) is 11.9. The molecule has 4 rings (SSSR count). The van der Waals surface area contributed by atoms with Crippen molar-refractivity contribution in [1.82, 2.24) is 29.7 Å². The van der Waals surface area contributed by atoms with E-state index in [0.29, 0.717) is 5.82 Å². The Kier molecular flexibility index (Phi) is 3.47. The highest BCUT2D eigenvalue weighted by molar-refractivity contribution is 5.77. The Morgan fingerprint density at radius 2 is 2.30 bits per heavy atom. The number of nitrogens with one attached hydrogen (secondary N) is 1. The Bertz CT molecular complexity index is 832. The highest BCUT2D eigenvalue weighted by Gasteiger charge is 2.17. The quantitative estimate of drug-likeness (QED) is 0.719. The lowest BCUT2D eigenvalue weighted by molar-refractivity contribution is 0.0287. The van der Waals surface area contributed by atoms with Gasteiger partial charge in [0.15, 0.2) is 5.65 Å². The first-order valence-electron chi connectivity index (χ1n) is 7.65. The van der Waals surface area contributed by atoms with Crippen molar-refractivity contribution in [1.29, 1.82) is 0 Å². The van der Waals surface area contributed by atoms with Gasteiger partial charge in [0.05, 0.1) is 25.1 Å². The zero-order valence-electron chi connectivity index (χ0n) is 12.9. The average molecular weight is 313 g/mol. The van der Waals surface area contributed by atoms with E-state index in [1.54, 1.807) is 21.6 Å². The maximum absolute atomic E-state index is 6.14. The number of morpholine rings is 1. The molecule has 0 saturated carbocycles. The molecule has 3 aromatic rings. The average Bonchev–Trinajstić information content (AvgIpc) is 3.14. The lowest BCUT2D eigenvalue weighted by atomic mass is 10.1. The molecule has 0 aliphatic carbocycles. The van der Waals surface area contributed by atoms with Crippen molar-refractivity contribution in [2.75, 3.05) is 25.4 Å².